The van der Waals surface area contributed by atoms with Crippen LogP contribution < -0.4 is 0 Å². The van der Waals surface area contributed by atoms with Gasteiger partial charge in [-0.05, 0) is 31.5 Å². The Morgan fingerprint density at radius 2 is 2.04 bits per heavy atom. The van der Waals surface area contributed by atoms with E-state index in [-0.39, 0.29) is 0 Å². The van der Waals surface area contributed by atoms with Crippen LogP contribution in [0.3, 0.4) is 0 Å². The summed E-state index contributed by atoms with van der Waals surface area (Å²) >= 11 is 6.43. The van der Waals surface area contributed by atoms with Gasteiger partial charge >= 0.3 is 0 Å². The Morgan fingerprint density at radius 3 is 2.92 bits per heavy atom. The number of fused-ring (bicyclic) bond motifs is 2. The second kappa shape index (κ2) is 6.11. The average molecular weight is 339 g/mol. The highest BCUT2D eigenvalue weighted by atomic mass is 35.5. The number of pyridine rings is 1. The summed E-state index contributed by atoms with van der Waals surface area (Å²) in [5, 5.41) is 1.73. The van der Waals surface area contributed by atoms with Gasteiger partial charge in [0.25, 0.3) is 0 Å². The van der Waals surface area contributed by atoms with Gasteiger partial charge in [0.2, 0.25) is 0 Å². The van der Waals surface area contributed by atoms with Crippen LogP contribution in [0.5, 0.6) is 0 Å². The summed E-state index contributed by atoms with van der Waals surface area (Å²) in [4.78, 5) is 15.8. The van der Waals surface area contributed by atoms with Gasteiger partial charge in [0.05, 0.1) is 5.52 Å². The van der Waals surface area contributed by atoms with Crippen LogP contribution in [0.25, 0.3) is 10.9 Å². The molecule has 122 valence electrons. The van der Waals surface area contributed by atoms with Crippen LogP contribution >= 0.6 is 11.6 Å². The molecule has 0 N–H and O–H groups in total. The minimum absolute atomic E-state index is 0.596. The summed E-state index contributed by atoms with van der Waals surface area (Å²) in [6.45, 7) is 6.64. The zero-order chi connectivity index (χ0) is 16.7. The van der Waals surface area contributed by atoms with Crippen molar-refractivity contribution in [2.45, 2.75) is 33.4 Å². The minimum atomic E-state index is 0.596. The zero-order valence-corrected chi connectivity index (χ0v) is 14.6. The molecule has 1 aliphatic heterocycles. The van der Waals surface area contributed by atoms with Crippen LogP contribution in [-0.4, -0.2) is 26.4 Å². The standard InChI is InChI=1S/C19H19ClN4/c1-12-3-4-14-8-15(19(20)23-18(14)7-12)10-24-6-5-17-16(11-24)9-21-13(2)22-17/h3-4,7-9H,5-6,10-11H2,1-2H3. The third-order valence-corrected chi connectivity index (χ3v) is 4.85. The second-order valence-electron chi connectivity index (χ2n) is 6.48. The van der Waals surface area contributed by atoms with Crippen molar-refractivity contribution in [1.82, 2.24) is 19.9 Å². The number of benzene rings is 1. The van der Waals surface area contributed by atoms with Crippen molar-refractivity contribution >= 4 is 22.5 Å². The van der Waals surface area contributed by atoms with Gasteiger partial charge in [-0.25, -0.2) is 15.0 Å². The fraction of sp³-hybridized carbons (Fsp3) is 0.316. The third kappa shape index (κ3) is 2.99. The van der Waals surface area contributed by atoms with Gasteiger partial charge in [-0.15, -0.1) is 0 Å². The molecule has 0 unspecified atom stereocenters. The van der Waals surface area contributed by atoms with E-state index in [9.17, 15) is 0 Å². The summed E-state index contributed by atoms with van der Waals surface area (Å²) in [5.74, 6) is 0.847. The first kappa shape index (κ1) is 15.5. The molecule has 24 heavy (non-hydrogen) atoms. The summed E-state index contributed by atoms with van der Waals surface area (Å²) in [6.07, 6.45) is 2.91. The normalized spacial score (nSPS) is 14.8. The van der Waals surface area contributed by atoms with Crippen LogP contribution in [0.2, 0.25) is 5.15 Å². The zero-order valence-electron chi connectivity index (χ0n) is 13.9. The molecule has 0 fully saturated rings. The summed E-state index contributed by atoms with van der Waals surface area (Å²) in [5.41, 5.74) is 5.62. The average Bonchev–Trinajstić information content (AvgIpc) is 2.56. The van der Waals surface area contributed by atoms with Crippen molar-refractivity contribution in [2.24, 2.45) is 0 Å². The molecule has 0 saturated heterocycles. The predicted octanol–water partition coefficient (Wildman–Crippen LogP) is 3.85. The Labute approximate surface area is 146 Å². The molecule has 1 aliphatic rings. The molecular formula is C19H19ClN4. The number of aryl methyl sites for hydroxylation is 2. The van der Waals surface area contributed by atoms with Gasteiger partial charge in [0.15, 0.2) is 0 Å². The van der Waals surface area contributed by atoms with Crippen molar-refractivity contribution in [3.8, 4) is 0 Å². The summed E-state index contributed by atoms with van der Waals surface area (Å²) in [6, 6.07) is 8.45. The summed E-state index contributed by atoms with van der Waals surface area (Å²) < 4.78 is 0. The Kier molecular flexibility index (Phi) is 3.94. The van der Waals surface area contributed by atoms with Crippen LogP contribution in [0, 0.1) is 13.8 Å². The molecule has 4 rings (SSSR count). The molecule has 0 aliphatic carbocycles. The molecule has 4 nitrogen and oxygen atoms in total. The van der Waals surface area contributed by atoms with E-state index in [1.54, 1.807) is 0 Å². The molecule has 0 amide bonds. The second-order valence-corrected chi connectivity index (χ2v) is 6.84. The number of hydrogen-bond acceptors (Lipinski definition) is 4. The number of nitrogens with zero attached hydrogens (tertiary/aromatic N) is 4. The van der Waals surface area contributed by atoms with Crippen molar-refractivity contribution in [3.05, 3.63) is 63.8 Å². The maximum Gasteiger partial charge on any atom is 0.134 e. The van der Waals surface area contributed by atoms with Gasteiger partial charge in [-0.1, -0.05) is 23.7 Å². The smallest absolute Gasteiger partial charge is 0.134 e. The van der Waals surface area contributed by atoms with E-state index < -0.39 is 0 Å². The third-order valence-electron chi connectivity index (χ3n) is 4.53. The monoisotopic (exact) mass is 338 g/mol. The predicted molar refractivity (Wildman–Crippen MR) is 96.1 cm³/mol. The van der Waals surface area contributed by atoms with Gasteiger partial charge in [0.1, 0.15) is 11.0 Å². The van der Waals surface area contributed by atoms with E-state index in [2.05, 4.69) is 51.0 Å². The van der Waals surface area contributed by atoms with Crippen LogP contribution in [0.4, 0.5) is 0 Å². The molecule has 5 heteroatoms. The highest BCUT2D eigenvalue weighted by Crippen LogP contribution is 2.25. The maximum atomic E-state index is 6.43. The lowest BCUT2D eigenvalue weighted by Gasteiger charge is -2.28. The molecule has 1 aromatic carbocycles. The highest BCUT2D eigenvalue weighted by Gasteiger charge is 2.19. The van der Waals surface area contributed by atoms with Gasteiger partial charge in [0, 0.05) is 54.5 Å². The van der Waals surface area contributed by atoms with Crippen LogP contribution in [0.15, 0.2) is 30.5 Å². The van der Waals surface area contributed by atoms with E-state index in [0.717, 1.165) is 48.3 Å². The fourth-order valence-corrected chi connectivity index (χ4v) is 3.46. The van der Waals surface area contributed by atoms with Crippen LogP contribution in [0.1, 0.15) is 28.2 Å². The van der Waals surface area contributed by atoms with E-state index in [4.69, 9.17) is 11.6 Å². The molecule has 3 aromatic rings. The molecule has 2 aromatic heterocycles. The summed E-state index contributed by atoms with van der Waals surface area (Å²) in [7, 11) is 0. The lowest BCUT2D eigenvalue weighted by atomic mass is 10.1. The molecule has 0 bridgehead atoms. The Bertz CT molecular complexity index is 923. The first-order chi connectivity index (χ1) is 11.6. The molecule has 0 saturated carbocycles. The molecule has 3 heterocycles. The Hall–Kier alpha value is -2.04. The van der Waals surface area contributed by atoms with Crippen molar-refractivity contribution < 1.29 is 0 Å². The van der Waals surface area contributed by atoms with Gasteiger partial charge in [-0.2, -0.15) is 0 Å². The molecule has 0 radical (unpaired) electrons. The maximum absolute atomic E-state index is 6.43. The van der Waals surface area contributed by atoms with Crippen molar-refractivity contribution in [3.63, 3.8) is 0 Å². The first-order valence-corrected chi connectivity index (χ1v) is 8.56. The van der Waals surface area contributed by atoms with Crippen molar-refractivity contribution in [1.29, 1.82) is 0 Å². The Morgan fingerprint density at radius 1 is 1.17 bits per heavy atom. The first-order valence-electron chi connectivity index (χ1n) is 8.18. The largest absolute Gasteiger partial charge is 0.294 e. The van der Waals surface area contributed by atoms with Crippen molar-refractivity contribution in [2.75, 3.05) is 6.54 Å². The lowest BCUT2D eigenvalue weighted by molar-refractivity contribution is 0.242. The topological polar surface area (TPSA) is 41.9 Å². The van der Waals surface area contributed by atoms with Gasteiger partial charge in [-0.3, -0.25) is 4.90 Å². The van der Waals surface area contributed by atoms with E-state index in [1.807, 2.05) is 13.1 Å². The minimum Gasteiger partial charge on any atom is -0.294 e. The number of aromatic nitrogens is 3. The lowest BCUT2D eigenvalue weighted by Crippen LogP contribution is -2.31. The van der Waals surface area contributed by atoms with Crippen LogP contribution in [-0.2, 0) is 19.5 Å². The number of hydrogen-bond donors (Lipinski definition) is 0. The van der Waals surface area contributed by atoms with E-state index >= 15 is 0 Å². The number of rotatable bonds is 2. The molecule has 0 spiro atoms. The molecular weight excluding hydrogens is 320 g/mol. The molecule has 0 atom stereocenters. The SMILES string of the molecule is Cc1ccc2cc(CN3CCc4nc(C)ncc4C3)c(Cl)nc2c1. The van der Waals surface area contributed by atoms with E-state index in [0.29, 0.717) is 5.15 Å². The highest BCUT2D eigenvalue weighted by molar-refractivity contribution is 6.30. The van der Waals surface area contributed by atoms with Gasteiger partial charge < -0.3 is 0 Å². The number of halogens is 1. The quantitative estimate of drug-likeness (QED) is 0.665. The fourth-order valence-electron chi connectivity index (χ4n) is 3.26. The Balaban J connectivity index is 1.59. The van der Waals surface area contributed by atoms with E-state index in [1.165, 1.54) is 16.8 Å².